The molecule has 0 fully saturated rings. The SMILES string of the molecule is C=Cc1cc(C(C2(C)C=CC=CC2)C(C)(C)C(C)=O)ccc1N(N)N. The smallest absolute Gasteiger partial charge is 0.136 e. The molecule has 0 saturated heterocycles. The van der Waals surface area contributed by atoms with Gasteiger partial charge in [-0.3, -0.25) is 4.79 Å². The Kier molecular flexibility index (Phi) is 5.35. The molecule has 134 valence electrons. The van der Waals surface area contributed by atoms with Gasteiger partial charge in [-0.05, 0) is 36.5 Å². The van der Waals surface area contributed by atoms with Crippen LogP contribution in [0.2, 0.25) is 0 Å². The van der Waals surface area contributed by atoms with E-state index in [0.29, 0.717) is 5.69 Å². The van der Waals surface area contributed by atoms with E-state index in [1.807, 2.05) is 32.0 Å². The summed E-state index contributed by atoms with van der Waals surface area (Å²) in [5.74, 6) is 11.6. The molecule has 1 aliphatic carbocycles. The van der Waals surface area contributed by atoms with Gasteiger partial charge in [0.2, 0.25) is 0 Å². The van der Waals surface area contributed by atoms with Crippen molar-refractivity contribution in [2.24, 2.45) is 22.5 Å². The number of allylic oxidation sites excluding steroid dienone is 4. The number of anilines is 1. The monoisotopic (exact) mass is 339 g/mol. The molecule has 0 amide bonds. The molecule has 1 aliphatic rings. The summed E-state index contributed by atoms with van der Waals surface area (Å²) >= 11 is 0. The van der Waals surface area contributed by atoms with Gasteiger partial charge in [0.05, 0.1) is 5.69 Å². The molecular formula is C21H29N3O. The Bertz CT molecular complexity index is 731. The quantitative estimate of drug-likeness (QED) is 0.604. The zero-order valence-electron chi connectivity index (χ0n) is 15.6. The molecule has 0 saturated carbocycles. The van der Waals surface area contributed by atoms with Crippen LogP contribution in [0.25, 0.3) is 6.08 Å². The van der Waals surface area contributed by atoms with Crippen molar-refractivity contribution < 1.29 is 4.79 Å². The second-order valence-electron chi connectivity index (χ2n) is 7.64. The second-order valence-corrected chi connectivity index (χ2v) is 7.64. The van der Waals surface area contributed by atoms with Crippen LogP contribution in [-0.4, -0.2) is 5.78 Å². The number of hydrazine groups is 2. The van der Waals surface area contributed by atoms with E-state index in [2.05, 4.69) is 37.8 Å². The van der Waals surface area contributed by atoms with E-state index in [1.54, 1.807) is 13.0 Å². The third-order valence-electron chi connectivity index (χ3n) is 5.45. The number of Topliss-reactive ketones (excluding diaryl/α,β-unsaturated/α-hetero) is 1. The first-order chi connectivity index (χ1) is 11.6. The number of ketones is 1. The van der Waals surface area contributed by atoms with Crippen LogP contribution in [0.5, 0.6) is 0 Å². The number of carbonyl (C=O) groups excluding carboxylic acids is 1. The summed E-state index contributed by atoms with van der Waals surface area (Å²) in [5.41, 5.74) is 1.96. The lowest BCUT2D eigenvalue weighted by atomic mass is 9.58. The Morgan fingerprint density at radius 2 is 2.04 bits per heavy atom. The predicted octanol–water partition coefficient (Wildman–Crippen LogP) is 4.10. The summed E-state index contributed by atoms with van der Waals surface area (Å²) in [4.78, 5) is 12.5. The van der Waals surface area contributed by atoms with Crippen LogP contribution in [0.1, 0.15) is 51.2 Å². The Balaban J connectivity index is 2.64. The third kappa shape index (κ3) is 3.60. The number of nitrogens with two attached hydrogens (primary N) is 2. The fraction of sp³-hybridized carbons (Fsp3) is 0.381. The van der Waals surface area contributed by atoms with Crippen LogP contribution in [0.4, 0.5) is 5.69 Å². The highest BCUT2D eigenvalue weighted by Crippen LogP contribution is 2.52. The lowest BCUT2D eigenvalue weighted by molar-refractivity contribution is -0.127. The molecule has 2 rings (SSSR count). The van der Waals surface area contributed by atoms with Crippen LogP contribution in [-0.2, 0) is 4.79 Å². The summed E-state index contributed by atoms with van der Waals surface area (Å²) in [7, 11) is 0. The van der Waals surface area contributed by atoms with Gasteiger partial charge in [0.25, 0.3) is 0 Å². The fourth-order valence-electron chi connectivity index (χ4n) is 3.93. The molecule has 0 aliphatic heterocycles. The molecule has 0 radical (unpaired) electrons. The van der Waals surface area contributed by atoms with Crippen molar-refractivity contribution >= 4 is 17.5 Å². The molecular weight excluding hydrogens is 310 g/mol. The van der Waals surface area contributed by atoms with E-state index in [-0.39, 0.29) is 17.1 Å². The summed E-state index contributed by atoms with van der Waals surface area (Å²) in [5, 5.41) is 1.09. The van der Waals surface area contributed by atoms with Gasteiger partial charge in [0, 0.05) is 16.9 Å². The number of hydrogen-bond donors (Lipinski definition) is 2. The highest BCUT2D eigenvalue weighted by Gasteiger charge is 2.45. The zero-order chi connectivity index (χ0) is 18.8. The molecule has 2 unspecified atom stereocenters. The average Bonchev–Trinajstić information content (AvgIpc) is 2.54. The van der Waals surface area contributed by atoms with E-state index in [9.17, 15) is 4.79 Å². The standard InChI is InChI=1S/C21H29N3O/c1-6-16-14-17(10-11-18(16)24(22)23)19(20(3,4)15(2)25)21(5)12-8-7-9-13-21/h6-12,14,19H,1,13,22-23H2,2-5H3. The van der Waals surface area contributed by atoms with E-state index in [0.717, 1.165) is 22.7 Å². The zero-order valence-corrected chi connectivity index (χ0v) is 15.6. The first-order valence-corrected chi connectivity index (χ1v) is 8.55. The molecule has 0 spiro atoms. The molecule has 25 heavy (non-hydrogen) atoms. The Morgan fingerprint density at radius 3 is 2.52 bits per heavy atom. The first kappa shape index (κ1) is 19.2. The van der Waals surface area contributed by atoms with Crippen LogP contribution < -0.4 is 16.8 Å². The summed E-state index contributed by atoms with van der Waals surface area (Å²) in [6.45, 7) is 11.8. The van der Waals surface area contributed by atoms with Crippen molar-refractivity contribution in [3.8, 4) is 0 Å². The molecule has 2 atom stereocenters. The molecule has 0 heterocycles. The van der Waals surface area contributed by atoms with Crippen molar-refractivity contribution in [2.45, 2.75) is 40.0 Å². The molecule has 1 aromatic rings. The van der Waals surface area contributed by atoms with Crippen molar-refractivity contribution in [2.75, 3.05) is 5.12 Å². The second kappa shape index (κ2) is 6.98. The van der Waals surface area contributed by atoms with Crippen LogP contribution >= 0.6 is 0 Å². The van der Waals surface area contributed by atoms with Crippen LogP contribution in [0.3, 0.4) is 0 Å². The largest absolute Gasteiger partial charge is 0.299 e. The molecule has 4 heteroatoms. The minimum absolute atomic E-state index is 0.00967. The Labute approximate surface area is 150 Å². The van der Waals surface area contributed by atoms with Crippen molar-refractivity contribution in [1.29, 1.82) is 0 Å². The minimum Gasteiger partial charge on any atom is -0.299 e. The van der Waals surface area contributed by atoms with Gasteiger partial charge in [-0.1, -0.05) is 63.8 Å². The highest BCUT2D eigenvalue weighted by atomic mass is 16.1. The van der Waals surface area contributed by atoms with Crippen molar-refractivity contribution in [3.05, 3.63) is 60.2 Å². The van der Waals surface area contributed by atoms with Gasteiger partial charge in [0.1, 0.15) is 5.78 Å². The number of benzene rings is 1. The third-order valence-corrected chi connectivity index (χ3v) is 5.45. The predicted molar refractivity (Wildman–Crippen MR) is 106 cm³/mol. The normalized spacial score (nSPS) is 21.0. The lowest BCUT2D eigenvalue weighted by Crippen LogP contribution is -2.40. The number of hydrogen-bond acceptors (Lipinski definition) is 4. The molecule has 1 aromatic carbocycles. The van der Waals surface area contributed by atoms with Gasteiger partial charge in [-0.2, -0.15) is 0 Å². The molecule has 4 nitrogen and oxygen atoms in total. The van der Waals surface area contributed by atoms with Gasteiger partial charge in [-0.15, -0.1) is 0 Å². The van der Waals surface area contributed by atoms with E-state index < -0.39 is 5.41 Å². The van der Waals surface area contributed by atoms with Gasteiger partial charge in [0.15, 0.2) is 0 Å². The number of nitrogens with zero attached hydrogens (tertiary/aromatic N) is 1. The maximum atomic E-state index is 12.5. The molecule has 4 N–H and O–H groups in total. The highest BCUT2D eigenvalue weighted by molar-refractivity contribution is 5.83. The van der Waals surface area contributed by atoms with E-state index in [4.69, 9.17) is 11.7 Å². The molecule has 0 bridgehead atoms. The average molecular weight is 339 g/mol. The lowest BCUT2D eigenvalue weighted by Gasteiger charge is -2.45. The summed E-state index contributed by atoms with van der Waals surface area (Å²) in [6.07, 6.45) is 11.1. The summed E-state index contributed by atoms with van der Waals surface area (Å²) < 4.78 is 0. The topological polar surface area (TPSA) is 72.3 Å². The van der Waals surface area contributed by atoms with E-state index >= 15 is 0 Å². The van der Waals surface area contributed by atoms with E-state index in [1.165, 1.54) is 0 Å². The minimum atomic E-state index is -0.519. The first-order valence-electron chi connectivity index (χ1n) is 8.55. The van der Waals surface area contributed by atoms with Gasteiger partial charge >= 0.3 is 0 Å². The van der Waals surface area contributed by atoms with Gasteiger partial charge < -0.3 is 0 Å². The van der Waals surface area contributed by atoms with Crippen molar-refractivity contribution in [1.82, 2.24) is 0 Å². The Morgan fingerprint density at radius 1 is 1.36 bits per heavy atom. The maximum Gasteiger partial charge on any atom is 0.136 e. The summed E-state index contributed by atoms with van der Waals surface area (Å²) in [6, 6.07) is 5.95. The maximum absolute atomic E-state index is 12.5. The fourth-order valence-corrected chi connectivity index (χ4v) is 3.93. The number of rotatable bonds is 6. The Hall–Kier alpha value is -2.17. The number of carbonyl (C=O) groups is 1. The van der Waals surface area contributed by atoms with Crippen LogP contribution in [0, 0.1) is 10.8 Å². The van der Waals surface area contributed by atoms with Crippen LogP contribution in [0.15, 0.2) is 49.1 Å². The van der Waals surface area contributed by atoms with Crippen molar-refractivity contribution in [3.63, 3.8) is 0 Å². The van der Waals surface area contributed by atoms with Gasteiger partial charge in [-0.25, -0.2) is 16.8 Å². The molecule has 0 aromatic heterocycles.